The highest BCUT2D eigenvalue weighted by molar-refractivity contribution is 5.80. The highest BCUT2D eigenvalue weighted by atomic mass is 16.2. The van der Waals surface area contributed by atoms with E-state index in [9.17, 15) is 4.79 Å². The molecule has 0 aromatic carbocycles. The second-order valence-corrected chi connectivity index (χ2v) is 2.55. The van der Waals surface area contributed by atoms with Crippen LogP contribution in [-0.4, -0.2) is 11.9 Å². The summed E-state index contributed by atoms with van der Waals surface area (Å²) in [7, 11) is 0. The number of hydrogen-bond donors (Lipinski definition) is 1. The van der Waals surface area contributed by atoms with E-state index >= 15 is 0 Å². The van der Waals surface area contributed by atoms with Crippen LogP contribution in [0.25, 0.3) is 0 Å². The Morgan fingerprint density at radius 3 is 2.38 bits per heavy atom. The minimum atomic E-state index is 0.206. The summed E-state index contributed by atoms with van der Waals surface area (Å²) in [4.78, 5) is 10.7. The van der Waals surface area contributed by atoms with Gasteiger partial charge in [-0.3, -0.25) is 4.79 Å². The van der Waals surface area contributed by atoms with Crippen molar-refractivity contribution in [3.63, 3.8) is 0 Å². The molecule has 0 spiro atoms. The van der Waals surface area contributed by atoms with Gasteiger partial charge < -0.3 is 5.32 Å². The molecule has 1 heterocycles. The van der Waals surface area contributed by atoms with Gasteiger partial charge in [-0.1, -0.05) is 6.92 Å². The highest BCUT2D eigenvalue weighted by Gasteiger charge is 2.24. The molecule has 1 amide bonds. The summed E-state index contributed by atoms with van der Waals surface area (Å²) in [6, 6.07) is 0.400. The van der Waals surface area contributed by atoms with E-state index in [1.165, 1.54) is 0 Å². The van der Waals surface area contributed by atoms with Gasteiger partial charge in [-0.05, 0) is 13.3 Å². The van der Waals surface area contributed by atoms with Crippen molar-refractivity contribution in [1.29, 1.82) is 0 Å². The van der Waals surface area contributed by atoms with E-state index in [0.717, 1.165) is 6.42 Å². The molecule has 46 valence electrons. The third-order valence-corrected chi connectivity index (χ3v) is 1.54. The quantitative estimate of drug-likeness (QED) is 0.488. The van der Waals surface area contributed by atoms with Gasteiger partial charge in [0.25, 0.3) is 0 Å². The largest absolute Gasteiger partial charge is 0.353 e. The Morgan fingerprint density at radius 1 is 1.62 bits per heavy atom. The first-order chi connectivity index (χ1) is 3.70. The first kappa shape index (κ1) is 5.60. The van der Waals surface area contributed by atoms with Crippen LogP contribution >= 0.6 is 0 Å². The molecule has 2 heteroatoms. The van der Waals surface area contributed by atoms with Crippen molar-refractivity contribution in [1.82, 2.24) is 5.32 Å². The average Bonchev–Trinajstić information content (AvgIpc) is 1.85. The van der Waals surface area contributed by atoms with Crippen molar-refractivity contribution in [2.24, 2.45) is 5.92 Å². The maximum atomic E-state index is 10.7. The monoisotopic (exact) mass is 113 g/mol. The van der Waals surface area contributed by atoms with E-state index in [-0.39, 0.29) is 11.8 Å². The van der Waals surface area contributed by atoms with Gasteiger partial charge >= 0.3 is 0 Å². The number of carbonyl (C=O) groups is 1. The molecule has 1 unspecified atom stereocenters. The van der Waals surface area contributed by atoms with Gasteiger partial charge in [0.15, 0.2) is 0 Å². The molecule has 0 saturated carbocycles. The van der Waals surface area contributed by atoms with Gasteiger partial charge in [-0.2, -0.15) is 0 Å². The van der Waals surface area contributed by atoms with Gasteiger partial charge in [-0.15, -0.1) is 0 Å². The van der Waals surface area contributed by atoms with Crippen molar-refractivity contribution in [3.05, 3.63) is 0 Å². The highest BCUT2D eigenvalue weighted by Crippen LogP contribution is 2.12. The molecule has 0 radical (unpaired) electrons. The summed E-state index contributed by atoms with van der Waals surface area (Å²) in [5.74, 6) is 0.447. The van der Waals surface area contributed by atoms with Gasteiger partial charge in [0.05, 0.1) is 0 Å². The maximum absolute atomic E-state index is 10.7. The third-order valence-electron chi connectivity index (χ3n) is 1.54. The van der Waals surface area contributed by atoms with E-state index in [0.29, 0.717) is 6.04 Å². The van der Waals surface area contributed by atoms with Gasteiger partial charge in [0, 0.05) is 12.0 Å². The molecule has 2 atom stereocenters. The molecule has 1 aliphatic heterocycles. The Balaban J connectivity index is 2.51. The van der Waals surface area contributed by atoms with Crippen molar-refractivity contribution in [2.75, 3.05) is 0 Å². The number of hydrogen-bond acceptors (Lipinski definition) is 1. The van der Waals surface area contributed by atoms with Crippen LogP contribution in [0.2, 0.25) is 0 Å². The Bertz CT molecular complexity index is 111. The standard InChI is InChI=1S/C6H11NO/c1-4-3-5(2)7-6(4)8/h4-5H,3H2,1-2H3,(H,7,8)/t4?,5-/m1/s1. The van der Waals surface area contributed by atoms with Crippen LogP contribution < -0.4 is 5.32 Å². The second-order valence-electron chi connectivity index (χ2n) is 2.55. The van der Waals surface area contributed by atoms with Crippen LogP contribution in [0.4, 0.5) is 0 Å². The Morgan fingerprint density at radius 2 is 2.25 bits per heavy atom. The van der Waals surface area contributed by atoms with Crippen LogP contribution in [0.15, 0.2) is 0 Å². The zero-order valence-corrected chi connectivity index (χ0v) is 5.27. The normalized spacial score (nSPS) is 37.5. The Labute approximate surface area is 49.3 Å². The van der Waals surface area contributed by atoms with E-state index < -0.39 is 0 Å². The van der Waals surface area contributed by atoms with Crippen molar-refractivity contribution in [2.45, 2.75) is 26.3 Å². The van der Waals surface area contributed by atoms with E-state index in [1.807, 2.05) is 13.8 Å². The molecule has 0 aromatic heterocycles. The lowest BCUT2D eigenvalue weighted by Crippen LogP contribution is -2.22. The Hall–Kier alpha value is -0.530. The van der Waals surface area contributed by atoms with Crippen molar-refractivity contribution < 1.29 is 4.79 Å². The molecule has 1 aliphatic rings. The van der Waals surface area contributed by atoms with Crippen LogP contribution in [-0.2, 0) is 4.79 Å². The molecule has 0 aromatic rings. The average molecular weight is 113 g/mol. The molecule has 1 saturated heterocycles. The molecule has 1 fully saturated rings. The predicted octanol–water partition coefficient (Wildman–Crippen LogP) is 0.531. The first-order valence-corrected chi connectivity index (χ1v) is 3.00. The van der Waals surface area contributed by atoms with E-state index in [1.54, 1.807) is 0 Å². The predicted molar refractivity (Wildman–Crippen MR) is 31.4 cm³/mol. The second kappa shape index (κ2) is 1.77. The van der Waals surface area contributed by atoms with Crippen LogP contribution in [0.1, 0.15) is 20.3 Å². The lowest BCUT2D eigenvalue weighted by Gasteiger charge is -1.95. The van der Waals surface area contributed by atoms with Gasteiger partial charge in [-0.25, -0.2) is 0 Å². The maximum Gasteiger partial charge on any atom is 0.223 e. The summed E-state index contributed by atoms with van der Waals surface area (Å²) < 4.78 is 0. The number of rotatable bonds is 0. The fourth-order valence-corrected chi connectivity index (χ4v) is 1.08. The summed E-state index contributed by atoms with van der Waals surface area (Å²) in [6.07, 6.45) is 0.999. The minimum Gasteiger partial charge on any atom is -0.353 e. The Kier molecular flexibility index (Phi) is 1.24. The minimum absolute atomic E-state index is 0.206. The summed E-state index contributed by atoms with van der Waals surface area (Å²) in [6.45, 7) is 3.99. The molecule has 0 aliphatic carbocycles. The van der Waals surface area contributed by atoms with Crippen molar-refractivity contribution in [3.8, 4) is 0 Å². The smallest absolute Gasteiger partial charge is 0.223 e. The lowest BCUT2D eigenvalue weighted by atomic mass is 10.1. The number of nitrogens with one attached hydrogen (secondary N) is 1. The van der Waals surface area contributed by atoms with E-state index in [2.05, 4.69) is 5.32 Å². The third kappa shape index (κ3) is 0.831. The number of carbonyl (C=O) groups excluding carboxylic acids is 1. The zero-order chi connectivity index (χ0) is 6.15. The molecule has 1 N–H and O–H groups in total. The first-order valence-electron chi connectivity index (χ1n) is 3.00. The van der Waals surface area contributed by atoms with Crippen LogP contribution in [0.3, 0.4) is 0 Å². The van der Waals surface area contributed by atoms with Gasteiger partial charge in [0.2, 0.25) is 5.91 Å². The topological polar surface area (TPSA) is 29.1 Å². The van der Waals surface area contributed by atoms with E-state index in [4.69, 9.17) is 0 Å². The molecular formula is C6H11NO. The SMILES string of the molecule is CC1C[C@@H](C)NC1=O. The van der Waals surface area contributed by atoms with Crippen LogP contribution in [0.5, 0.6) is 0 Å². The van der Waals surface area contributed by atoms with Crippen LogP contribution in [0, 0.1) is 5.92 Å². The molecule has 8 heavy (non-hydrogen) atoms. The van der Waals surface area contributed by atoms with Gasteiger partial charge in [0.1, 0.15) is 0 Å². The fourth-order valence-electron chi connectivity index (χ4n) is 1.08. The summed E-state index contributed by atoms with van der Waals surface area (Å²) in [5.41, 5.74) is 0. The molecule has 0 bridgehead atoms. The molecule has 2 nitrogen and oxygen atoms in total. The zero-order valence-electron chi connectivity index (χ0n) is 5.27. The summed E-state index contributed by atoms with van der Waals surface area (Å²) >= 11 is 0. The van der Waals surface area contributed by atoms with Crippen molar-refractivity contribution >= 4 is 5.91 Å². The summed E-state index contributed by atoms with van der Waals surface area (Å²) in [5, 5.41) is 2.83. The molecular weight excluding hydrogens is 102 g/mol. The molecule has 1 rings (SSSR count). The number of amides is 1. The fraction of sp³-hybridized carbons (Fsp3) is 0.833. The lowest BCUT2D eigenvalue weighted by molar-refractivity contribution is -0.122.